The molecule has 2 nitrogen and oxygen atoms in total. The minimum absolute atomic E-state index is 0.795. The Kier molecular flexibility index (Phi) is 5.87. The molecular formula is C19H25ClN2. The number of aryl methyl sites for hydroxylation is 3. The highest BCUT2D eigenvalue weighted by Gasteiger charge is 2.08. The van der Waals surface area contributed by atoms with Crippen LogP contribution < -0.4 is 5.32 Å². The van der Waals surface area contributed by atoms with Crippen LogP contribution in [0.5, 0.6) is 0 Å². The predicted octanol–water partition coefficient (Wildman–Crippen LogP) is 5.19. The Morgan fingerprint density at radius 2 is 1.77 bits per heavy atom. The number of rotatable bonds is 6. The molecule has 3 heteroatoms. The van der Waals surface area contributed by atoms with Gasteiger partial charge in [-0.05, 0) is 76.2 Å². The quantitative estimate of drug-likeness (QED) is 0.788. The first-order valence-corrected chi connectivity index (χ1v) is 8.11. The lowest BCUT2D eigenvalue weighted by atomic mass is 10.0. The molecule has 0 atom stereocenters. The van der Waals surface area contributed by atoms with Gasteiger partial charge < -0.3 is 10.2 Å². The summed E-state index contributed by atoms with van der Waals surface area (Å²) in [4.78, 5) is 2.21. The molecule has 1 N–H and O–H groups in total. The van der Waals surface area contributed by atoms with Gasteiger partial charge in [0.15, 0.2) is 0 Å². The van der Waals surface area contributed by atoms with Crippen LogP contribution in [0.2, 0.25) is 5.02 Å². The number of hydrogen-bond donors (Lipinski definition) is 1. The molecule has 0 aliphatic rings. The van der Waals surface area contributed by atoms with Crippen molar-refractivity contribution < 1.29 is 0 Å². The summed E-state index contributed by atoms with van der Waals surface area (Å²) in [6.45, 7) is 5.31. The Morgan fingerprint density at radius 3 is 2.41 bits per heavy atom. The number of halogens is 1. The number of nitrogens with zero attached hydrogens (tertiary/aromatic N) is 1. The van der Waals surface area contributed by atoms with Gasteiger partial charge in [-0.2, -0.15) is 0 Å². The molecule has 0 spiro atoms. The maximum atomic E-state index is 6.51. The average molecular weight is 317 g/mol. The molecular weight excluding hydrogens is 292 g/mol. The molecule has 2 aromatic carbocycles. The first-order chi connectivity index (χ1) is 10.5. The zero-order valence-electron chi connectivity index (χ0n) is 13.9. The van der Waals surface area contributed by atoms with Crippen LogP contribution in [0.15, 0.2) is 36.4 Å². The lowest BCUT2D eigenvalue weighted by Gasteiger charge is -2.16. The van der Waals surface area contributed by atoms with Gasteiger partial charge in [-0.1, -0.05) is 35.9 Å². The average Bonchev–Trinajstić information content (AvgIpc) is 2.44. The van der Waals surface area contributed by atoms with Crippen molar-refractivity contribution in [3.8, 4) is 0 Å². The number of benzene rings is 2. The molecule has 118 valence electrons. The normalized spacial score (nSPS) is 11.0. The van der Waals surface area contributed by atoms with Crippen molar-refractivity contribution in [2.75, 3.05) is 26.0 Å². The van der Waals surface area contributed by atoms with Gasteiger partial charge in [0, 0.05) is 5.69 Å². The molecule has 0 unspecified atom stereocenters. The van der Waals surface area contributed by atoms with Gasteiger partial charge in [0.25, 0.3) is 0 Å². The van der Waals surface area contributed by atoms with E-state index in [1.54, 1.807) is 0 Å². The van der Waals surface area contributed by atoms with E-state index in [9.17, 15) is 0 Å². The highest BCUT2D eigenvalue weighted by atomic mass is 35.5. The molecule has 0 aliphatic heterocycles. The molecule has 0 amide bonds. The fraction of sp³-hybridized carbons (Fsp3) is 0.368. The van der Waals surface area contributed by atoms with E-state index in [1.807, 2.05) is 12.1 Å². The molecule has 0 radical (unpaired) electrons. The number of anilines is 2. The van der Waals surface area contributed by atoms with E-state index < -0.39 is 0 Å². The molecule has 0 aromatic heterocycles. The lowest BCUT2D eigenvalue weighted by Crippen LogP contribution is -2.13. The van der Waals surface area contributed by atoms with Gasteiger partial charge in [-0.25, -0.2) is 0 Å². The minimum Gasteiger partial charge on any atom is -0.354 e. The summed E-state index contributed by atoms with van der Waals surface area (Å²) in [6.07, 6.45) is 2.21. The summed E-state index contributed by atoms with van der Waals surface area (Å²) in [7, 11) is 4.21. The van der Waals surface area contributed by atoms with E-state index in [0.717, 1.165) is 35.8 Å². The van der Waals surface area contributed by atoms with Crippen LogP contribution in [0.25, 0.3) is 0 Å². The Morgan fingerprint density at radius 1 is 1.05 bits per heavy atom. The molecule has 2 aromatic rings. The first kappa shape index (κ1) is 16.9. The topological polar surface area (TPSA) is 15.3 Å². The second-order valence-electron chi connectivity index (χ2n) is 6.12. The molecule has 0 heterocycles. The van der Waals surface area contributed by atoms with Crippen LogP contribution in [0.1, 0.15) is 23.1 Å². The molecule has 0 aliphatic carbocycles. The molecule has 22 heavy (non-hydrogen) atoms. The fourth-order valence-corrected chi connectivity index (χ4v) is 2.90. The smallest absolute Gasteiger partial charge is 0.0646 e. The van der Waals surface area contributed by atoms with Crippen molar-refractivity contribution >= 4 is 23.0 Å². The van der Waals surface area contributed by atoms with Gasteiger partial charge in [0.2, 0.25) is 0 Å². The Balaban J connectivity index is 2.15. The second kappa shape index (κ2) is 7.66. The third kappa shape index (κ3) is 4.49. The minimum atomic E-state index is 0.795. The zero-order valence-corrected chi connectivity index (χ0v) is 14.7. The van der Waals surface area contributed by atoms with Crippen molar-refractivity contribution in [1.82, 2.24) is 4.90 Å². The van der Waals surface area contributed by atoms with E-state index in [-0.39, 0.29) is 0 Å². The highest BCUT2D eigenvalue weighted by Crippen LogP contribution is 2.31. The van der Waals surface area contributed by atoms with E-state index in [4.69, 9.17) is 11.6 Å². The fourth-order valence-electron chi connectivity index (χ4n) is 2.57. The maximum absolute atomic E-state index is 6.51. The third-order valence-electron chi connectivity index (χ3n) is 3.82. The Labute approximate surface area is 139 Å². The second-order valence-corrected chi connectivity index (χ2v) is 6.52. The van der Waals surface area contributed by atoms with Crippen LogP contribution >= 0.6 is 11.6 Å². The van der Waals surface area contributed by atoms with E-state index in [2.05, 4.69) is 62.4 Å². The molecule has 0 fully saturated rings. The molecule has 2 rings (SSSR count). The first-order valence-electron chi connectivity index (χ1n) is 7.74. The van der Waals surface area contributed by atoms with Crippen molar-refractivity contribution in [1.29, 1.82) is 0 Å². The maximum Gasteiger partial charge on any atom is 0.0646 e. The summed E-state index contributed by atoms with van der Waals surface area (Å²) in [5.41, 5.74) is 5.82. The SMILES string of the molecule is Cc1ccccc1Nc1c(C)cc(CCCN(C)C)cc1Cl. The summed E-state index contributed by atoms with van der Waals surface area (Å²) < 4.78 is 0. The molecule has 0 bridgehead atoms. The Hall–Kier alpha value is -1.51. The van der Waals surface area contributed by atoms with Crippen LogP contribution in [-0.2, 0) is 6.42 Å². The van der Waals surface area contributed by atoms with Crippen LogP contribution in [0.3, 0.4) is 0 Å². The van der Waals surface area contributed by atoms with E-state index in [1.165, 1.54) is 16.7 Å². The Bertz CT molecular complexity index is 612. The van der Waals surface area contributed by atoms with Gasteiger partial charge in [0.1, 0.15) is 0 Å². The summed E-state index contributed by atoms with van der Waals surface area (Å²) in [5.74, 6) is 0. The van der Waals surface area contributed by atoms with Crippen molar-refractivity contribution in [3.05, 3.63) is 58.1 Å². The standard InChI is InChI=1S/C19H25ClN2/c1-14-8-5-6-10-18(14)21-19-15(2)12-16(13-17(19)20)9-7-11-22(3)4/h5-6,8,10,12-13,21H,7,9,11H2,1-4H3. The van der Waals surface area contributed by atoms with E-state index >= 15 is 0 Å². The van der Waals surface area contributed by atoms with E-state index in [0.29, 0.717) is 0 Å². The predicted molar refractivity (Wildman–Crippen MR) is 97.5 cm³/mol. The van der Waals surface area contributed by atoms with Gasteiger partial charge >= 0.3 is 0 Å². The van der Waals surface area contributed by atoms with Crippen molar-refractivity contribution in [3.63, 3.8) is 0 Å². The number of para-hydroxylation sites is 1. The van der Waals surface area contributed by atoms with Gasteiger partial charge in [0.05, 0.1) is 10.7 Å². The van der Waals surface area contributed by atoms with Crippen LogP contribution in [0.4, 0.5) is 11.4 Å². The summed E-state index contributed by atoms with van der Waals surface area (Å²) in [6, 6.07) is 12.6. The lowest BCUT2D eigenvalue weighted by molar-refractivity contribution is 0.400. The molecule has 0 saturated carbocycles. The summed E-state index contributed by atoms with van der Waals surface area (Å²) >= 11 is 6.51. The number of hydrogen-bond acceptors (Lipinski definition) is 2. The molecule has 0 saturated heterocycles. The summed E-state index contributed by atoms with van der Waals surface area (Å²) in [5, 5.41) is 4.26. The largest absolute Gasteiger partial charge is 0.354 e. The third-order valence-corrected chi connectivity index (χ3v) is 4.12. The van der Waals surface area contributed by atoms with Crippen LogP contribution in [0, 0.1) is 13.8 Å². The van der Waals surface area contributed by atoms with Gasteiger partial charge in [-0.15, -0.1) is 0 Å². The highest BCUT2D eigenvalue weighted by molar-refractivity contribution is 6.33. The van der Waals surface area contributed by atoms with Crippen molar-refractivity contribution in [2.24, 2.45) is 0 Å². The van der Waals surface area contributed by atoms with Crippen molar-refractivity contribution in [2.45, 2.75) is 26.7 Å². The zero-order chi connectivity index (χ0) is 16.1. The monoisotopic (exact) mass is 316 g/mol. The van der Waals surface area contributed by atoms with Gasteiger partial charge in [-0.3, -0.25) is 0 Å². The van der Waals surface area contributed by atoms with Crippen LogP contribution in [-0.4, -0.2) is 25.5 Å². The number of nitrogens with one attached hydrogen (secondary N) is 1.